The molecule has 0 aliphatic rings. The molecule has 2 rings (SSSR count). The molecule has 0 unspecified atom stereocenters. The van der Waals surface area contributed by atoms with Crippen LogP contribution in [0.1, 0.15) is 45.0 Å². The van der Waals surface area contributed by atoms with Gasteiger partial charge in [-0.2, -0.15) is 5.26 Å². The molecule has 0 spiro atoms. The lowest BCUT2D eigenvalue weighted by Crippen LogP contribution is -2.02. The molecule has 2 heterocycles. The Morgan fingerprint density at radius 3 is 1.53 bits per heavy atom. The molecule has 0 amide bonds. The van der Waals surface area contributed by atoms with Crippen molar-refractivity contribution in [2.45, 2.75) is 33.6 Å². The van der Waals surface area contributed by atoms with Crippen LogP contribution in [0, 0.1) is 11.3 Å². The van der Waals surface area contributed by atoms with Crippen molar-refractivity contribution in [1.82, 2.24) is 9.97 Å². The molecule has 19 heavy (non-hydrogen) atoms. The van der Waals surface area contributed by atoms with Crippen molar-refractivity contribution in [3.8, 4) is 6.07 Å². The molecular weight excluding hydrogens is 234 g/mol. The lowest BCUT2D eigenvalue weighted by atomic mass is 10.0. The summed E-state index contributed by atoms with van der Waals surface area (Å²) in [6, 6.07) is 13.3. The van der Waals surface area contributed by atoms with Gasteiger partial charge in [-0.25, -0.2) is 0 Å². The molecular formula is C16H21N3. The molecule has 0 atom stereocenters. The molecule has 3 nitrogen and oxygen atoms in total. The number of hydrogen-bond donors (Lipinski definition) is 0. The van der Waals surface area contributed by atoms with E-state index in [2.05, 4.69) is 16.0 Å². The van der Waals surface area contributed by atoms with E-state index in [0.717, 1.165) is 11.4 Å². The maximum Gasteiger partial charge on any atom is 0.130 e. The molecule has 0 aliphatic carbocycles. The van der Waals surface area contributed by atoms with Gasteiger partial charge in [-0.15, -0.1) is 0 Å². The molecule has 0 bridgehead atoms. The summed E-state index contributed by atoms with van der Waals surface area (Å²) in [6.07, 6.45) is 3.37. The Hall–Kier alpha value is -2.21. The summed E-state index contributed by atoms with van der Waals surface area (Å²) in [6.45, 7) is 8.00. The average molecular weight is 255 g/mol. The van der Waals surface area contributed by atoms with Gasteiger partial charge >= 0.3 is 0 Å². The smallest absolute Gasteiger partial charge is 0.130 e. The molecule has 100 valence electrons. The fraction of sp³-hybridized carbons (Fsp3) is 0.312. The topological polar surface area (TPSA) is 49.6 Å². The number of hydrogen-bond acceptors (Lipinski definition) is 3. The zero-order valence-corrected chi connectivity index (χ0v) is 12.0. The second-order valence-corrected chi connectivity index (χ2v) is 3.07. The Bertz CT molecular complexity index is 421. The van der Waals surface area contributed by atoms with Crippen LogP contribution in [0.4, 0.5) is 0 Å². The van der Waals surface area contributed by atoms with Crippen LogP contribution in [-0.2, 0) is 0 Å². The molecule has 2 aromatic rings. The third kappa shape index (κ3) is 5.31. The first-order valence-corrected chi connectivity index (χ1v) is 6.63. The van der Waals surface area contributed by atoms with Crippen molar-refractivity contribution in [2.75, 3.05) is 0 Å². The van der Waals surface area contributed by atoms with Crippen LogP contribution in [-0.4, -0.2) is 9.97 Å². The number of nitriles is 1. The molecule has 0 saturated heterocycles. The largest absolute Gasteiger partial charge is 0.259 e. The monoisotopic (exact) mass is 255 g/mol. The Labute approximate surface area is 116 Å². The van der Waals surface area contributed by atoms with Gasteiger partial charge in [-0.3, -0.25) is 9.97 Å². The first kappa shape index (κ1) is 16.8. The minimum Gasteiger partial charge on any atom is -0.259 e. The fourth-order valence-corrected chi connectivity index (χ4v) is 1.38. The summed E-state index contributed by atoms with van der Waals surface area (Å²) in [5, 5.41) is 9.10. The molecule has 0 N–H and O–H groups in total. The van der Waals surface area contributed by atoms with Crippen LogP contribution < -0.4 is 0 Å². The predicted molar refractivity (Wildman–Crippen MR) is 78.6 cm³/mol. The maximum absolute atomic E-state index is 9.10. The van der Waals surface area contributed by atoms with E-state index in [0.29, 0.717) is 0 Å². The highest BCUT2D eigenvalue weighted by molar-refractivity contribution is 5.29. The second-order valence-electron chi connectivity index (χ2n) is 3.07. The van der Waals surface area contributed by atoms with Crippen LogP contribution in [0.25, 0.3) is 0 Å². The summed E-state index contributed by atoms with van der Waals surface area (Å²) in [4.78, 5) is 8.33. The minimum absolute atomic E-state index is 0.382. The first-order valence-electron chi connectivity index (χ1n) is 6.63. The first-order chi connectivity index (χ1) is 9.42. The summed E-state index contributed by atoms with van der Waals surface area (Å²) < 4.78 is 0. The second kappa shape index (κ2) is 10.9. The Morgan fingerprint density at radius 1 is 0.842 bits per heavy atom. The van der Waals surface area contributed by atoms with Gasteiger partial charge in [-0.1, -0.05) is 39.8 Å². The number of rotatable bonds is 2. The van der Waals surface area contributed by atoms with E-state index in [9.17, 15) is 0 Å². The normalized spacial score (nSPS) is 8.42. The van der Waals surface area contributed by atoms with E-state index in [-0.39, 0.29) is 5.92 Å². The number of pyridine rings is 2. The molecule has 0 aliphatic heterocycles. The van der Waals surface area contributed by atoms with Gasteiger partial charge < -0.3 is 0 Å². The van der Waals surface area contributed by atoms with Crippen LogP contribution in [0.3, 0.4) is 0 Å². The van der Waals surface area contributed by atoms with E-state index in [1.165, 1.54) is 0 Å². The zero-order chi connectivity index (χ0) is 14.5. The summed E-state index contributed by atoms with van der Waals surface area (Å²) >= 11 is 0. The standard InChI is InChI=1S/C12H9N3.2C2H6/c13-9-10(11-5-1-3-7-14-11)12-6-2-4-8-15-12;2*1-2/h1-8,10H;2*1-2H3. The zero-order valence-electron chi connectivity index (χ0n) is 12.0. The SMILES string of the molecule is CC.CC.N#CC(c1ccccn1)c1ccccn1. The Balaban J connectivity index is 0.000000741. The Morgan fingerprint density at radius 2 is 1.26 bits per heavy atom. The highest BCUT2D eigenvalue weighted by atomic mass is 14.7. The van der Waals surface area contributed by atoms with Gasteiger partial charge in [0.05, 0.1) is 17.5 Å². The van der Waals surface area contributed by atoms with Crippen LogP contribution in [0.5, 0.6) is 0 Å². The van der Waals surface area contributed by atoms with Crippen LogP contribution >= 0.6 is 0 Å². The quantitative estimate of drug-likeness (QED) is 0.808. The van der Waals surface area contributed by atoms with Crippen molar-refractivity contribution in [3.63, 3.8) is 0 Å². The highest BCUT2D eigenvalue weighted by Crippen LogP contribution is 2.19. The van der Waals surface area contributed by atoms with Gasteiger partial charge in [0.25, 0.3) is 0 Å². The molecule has 0 aromatic carbocycles. The molecule has 0 radical (unpaired) electrons. The predicted octanol–water partition coefficient (Wildman–Crippen LogP) is 4.18. The summed E-state index contributed by atoms with van der Waals surface area (Å²) in [5.74, 6) is -0.382. The van der Waals surface area contributed by atoms with E-state index < -0.39 is 0 Å². The van der Waals surface area contributed by atoms with Gasteiger partial charge in [0, 0.05) is 12.4 Å². The van der Waals surface area contributed by atoms with Gasteiger partial charge in [0.2, 0.25) is 0 Å². The Kier molecular flexibility index (Phi) is 9.64. The molecule has 3 heteroatoms. The summed E-state index contributed by atoms with van der Waals surface area (Å²) in [5.41, 5.74) is 1.47. The third-order valence-corrected chi connectivity index (χ3v) is 2.10. The summed E-state index contributed by atoms with van der Waals surface area (Å²) in [7, 11) is 0. The van der Waals surface area contributed by atoms with Crippen LogP contribution in [0.15, 0.2) is 48.8 Å². The molecule has 2 aromatic heterocycles. The third-order valence-electron chi connectivity index (χ3n) is 2.10. The van der Waals surface area contributed by atoms with Crippen LogP contribution in [0.2, 0.25) is 0 Å². The minimum atomic E-state index is -0.382. The van der Waals surface area contributed by atoms with Gasteiger partial charge in [0.1, 0.15) is 5.92 Å². The average Bonchev–Trinajstić information content (AvgIpc) is 2.54. The van der Waals surface area contributed by atoms with E-state index in [4.69, 9.17) is 5.26 Å². The fourth-order valence-electron chi connectivity index (χ4n) is 1.38. The molecule has 0 saturated carbocycles. The van der Waals surface area contributed by atoms with Gasteiger partial charge in [-0.05, 0) is 24.3 Å². The van der Waals surface area contributed by atoms with E-state index in [1.54, 1.807) is 12.4 Å². The van der Waals surface area contributed by atoms with Crippen molar-refractivity contribution in [3.05, 3.63) is 60.2 Å². The van der Waals surface area contributed by atoms with Gasteiger partial charge in [0.15, 0.2) is 0 Å². The highest BCUT2D eigenvalue weighted by Gasteiger charge is 2.14. The van der Waals surface area contributed by atoms with Crippen molar-refractivity contribution >= 4 is 0 Å². The van der Waals surface area contributed by atoms with Crippen molar-refractivity contribution in [2.24, 2.45) is 0 Å². The maximum atomic E-state index is 9.10. The number of aromatic nitrogens is 2. The lowest BCUT2D eigenvalue weighted by molar-refractivity contribution is 0.917. The van der Waals surface area contributed by atoms with E-state index >= 15 is 0 Å². The lowest BCUT2D eigenvalue weighted by Gasteiger charge is -2.06. The van der Waals surface area contributed by atoms with Crippen molar-refractivity contribution in [1.29, 1.82) is 5.26 Å². The molecule has 0 fully saturated rings. The van der Waals surface area contributed by atoms with E-state index in [1.807, 2.05) is 64.1 Å². The van der Waals surface area contributed by atoms with Crippen molar-refractivity contribution < 1.29 is 0 Å². The number of nitrogens with zero attached hydrogens (tertiary/aromatic N) is 3.